The van der Waals surface area contributed by atoms with Crippen molar-refractivity contribution in [2.45, 2.75) is 20.3 Å². The molecule has 1 rings (SSSR count). The fourth-order valence-electron chi connectivity index (χ4n) is 1.39. The average molecular weight is 325 g/mol. The van der Waals surface area contributed by atoms with Gasteiger partial charge in [0.25, 0.3) is 0 Å². The van der Waals surface area contributed by atoms with E-state index >= 15 is 0 Å². The van der Waals surface area contributed by atoms with Gasteiger partial charge in [0, 0.05) is 10.9 Å². The lowest BCUT2D eigenvalue weighted by molar-refractivity contribution is -0.148. The molecule has 0 atom stereocenters. The molecule has 19 heavy (non-hydrogen) atoms. The highest BCUT2D eigenvalue weighted by Gasteiger charge is 2.30. The molecule has 0 aromatic heterocycles. The summed E-state index contributed by atoms with van der Waals surface area (Å²) < 4.78 is 0.730. The molecule has 0 saturated heterocycles. The highest BCUT2D eigenvalue weighted by atomic mass is 79.9. The maximum absolute atomic E-state index is 11.8. The Balaban J connectivity index is 2.84. The number of nitriles is 1. The second-order valence-corrected chi connectivity index (χ2v) is 5.63. The summed E-state index contributed by atoms with van der Waals surface area (Å²) in [5.74, 6) is -1.48. The van der Waals surface area contributed by atoms with Crippen molar-refractivity contribution in [1.82, 2.24) is 0 Å². The average Bonchev–Trinajstić information content (AvgIpc) is 2.30. The first-order valence-electron chi connectivity index (χ1n) is 5.49. The van der Waals surface area contributed by atoms with Gasteiger partial charge in [-0.05, 0) is 32.0 Å². The van der Waals surface area contributed by atoms with Gasteiger partial charge in [0.05, 0.1) is 16.7 Å². The third-order valence-corrected chi connectivity index (χ3v) is 3.05. The van der Waals surface area contributed by atoms with Crippen molar-refractivity contribution in [3.63, 3.8) is 0 Å². The van der Waals surface area contributed by atoms with Crippen LogP contribution in [0.5, 0.6) is 0 Å². The molecular formula is C13H13BrN2O3. The number of nitrogens with one attached hydrogen (secondary N) is 1. The molecule has 0 radical (unpaired) electrons. The molecule has 5 nitrogen and oxygen atoms in total. The van der Waals surface area contributed by atoms with Gasteiger partial charge < -0.3 is 10.4 Å². The zero-order chi connectivity index (χ0) is 14.6. The first kappa shape index (κ1) is 15.2. The summed E-state index contributed by atoms with van der Waals surface area (Å²) >= 11 is 3.23. The van der Waals surface area contributed by atoms with Crippen LogP contribution < -0.4 is 5.32 Å². The zero-order valence-electron chi connectivity index (χ0n) is 10.5. The van der Waals surface area contributed by atoms with E-state index in [2.05, 4.69) is 21.2 Å². The smallest absolute Gasteiger partial charge is 0.309 e. The van der Waals surface area contributed by atoms with E-state index in [0.717, 1.165) is 4.47 Å². The Morgan fingerprint density at radius 3 is 2.63 bits per heavy atom. The van der Waals surface area contributed by atoms with Crippen molar-refractivity contribution in [3.05, 3.63) is 28.2 Å². The maximum atomic E-state index is 11.8. The summed E-state index contributed by atoms with van der Waals surface area (Å²) in [6.45, 7) is 2.95. The van der Waals surface area contributed by atoms with Crippen LogP contribution in [-0.2, 0) is 9.59 Å². The van der Waals surface area contributed by atoms with E-state index in [1.54, 1.807) is 18.2 Å². The molecule has 0 saturated carbocycles. The molecule has 0 unspecified atom stereocenters. The number of carbonyl (C=O) groups excluding carboxylic acids is 1. The Bertz CT molecular complexity index is 561. The number of carbonyl (C=O) groups is 2. The molecule has 0 spiro atoms. The Labute approximate surface area is 119 Å². The van der Waals surface area contributed by atoms with Crippen molar-refractivity contribution in [1.29, 1.82) is 5.26 Å². The van der Waals surface area contributed by atoms with E-state index in [9.17, 15) is 9.59 Å². The summed E-state index contributed by atoms with van der Waals surface area (Å²) in [5.41, 5.74) is -0.459. The third kappa shape index (κ3) is 4.07. The first-order valence-corrected chi connectivity index (χ1v) is 6.28. The number of aliphatic carboxylic acids is 1. The second kappa shape index (κ2) is 5.85. The number of rotatable bonds is 4. The van der Waals surface area contributed by atoms with E-state index in [4.69, 9.17) is 10.4 Å². The molecule has 0 aliphatic heterocycles. The number of benzene rings is 1. The molecule has 100 valence electrons. The largest absolute Gasteiger partial charge is 0.481 e. The highest BCUT2D eigenvalue weighted by Crippen LogP contribution is 2.24. The standard InChI is InChI=1S/C13H13BrN2O3/c1-13(2,12(18)19)6-11(17)16-10-4-3-9(14)5-8(10)7-15/h3-5H,6H2,1-2H3,(H,16,17)(H,18,19). The van der Waals surface area contributed by atoms with E-state index in [1.165, 1.54) is 13.8 Å². The van der Waals surface area contributed by atoms with Crippen LogP contribution in [0.25, 0.3) is 0 Å². The van der Waals surface area contributed by atoms with E-state index in [-0.39, 0.29) is 6.42 Å². The van der Waals surface area contributed by atoms with Crippen LogP contribution in [0.15, 0.2) is 22.7 Å². The SMILES string of the molecule is CC(C)(CC(=O)Nc1ccc(Br)cc1C#N)C(=O)O. The maximum Gasteiger partial charge on any atom is 0.309 e. The van der Waals surface area contributed by atoms with Crippen molar-refractivity contribution < 1.29 is 14.7 Å². The molecule has 6 heteroatoms. The normalized spacial score (nSPS) is 10.6. The van der Waals surface area contributed by atoms with Crippen molar-refractivity contribution in [3.8, 4) is 6.07 Å². The monoisotopic (exact) mass is 324 g/mol. The summed E-state index contributed by atoms with van der Waals surface area (Å²) in [6.07, 6.45) is -0.163. The summed E-state index contributed by atoms with van der Waals surface area (Å²) in [4.78, 5) is 22.7. The number of carboxylic acid groups (broad SMARTS) is 1. The van der Waals surface area contributed by atoms with Gasteiger partial charge in [-0.2, -0.15) is 5.26 Å². The van der Waals surface area contributed by atoms with Crippen LogP contribution in [0, 0.1) is 16.7 Å². The molecule has 1 aromatic rings. The van der Waals surface area contributed by atoms with Gasteiger partial charge in [-0.3, -0.25) is 9.59 Å². The van der Waals surface area contributed by atoms with Crippen molar-refractivity contribution in [2.75, 3.05) is 5.32 Å². The van der Waals surface area contributed by atoms with Gasteiger partial charge >= 0.3 is 5.97 Å². The Kier molecular flexibility index (Phi) is 4.67. The van der Waals surface area contributed by atoms with Crippen LogP contribution in [0.3, 0.4) is 0 Å². The number of hydrogen-bond acceptors (Lipinski definition) is 3. The van der Waals surface area contributed by atoms with Gasteiger partial charge in [-0.1, -0.05) is 15.9 Å². The Hall–Kier alpha value is -1.87. The van der Waals surface area contributed by atoms with Crippen molar-refractivity contribution in [2.24, 2.45) is 5.41 Å². The van der Waals surface area contributed by atoms with Gasteiger partial charge in [0.1, 0.15) is 6.07 Å². The minimum absolute atomic E-state index is 0.163. The number of anilines is 1. The quantitative estimate of drug-likeness (QED) is 0.890. The molecule has 0 aliphatic rings. The van der Waals surface area contributed by atoms with Crippen molar-refractivity contribution >= 4 is 33.5 Å². The number of hydrogen-bond donors (Lipinski definition) is 2. The fraction of sp³-hybridized carbons (Fsp3) is 0.308. The summed E-state index contributed by atoms with van der Waals surface area (Å²) in [7, 11) is 0. The number of halogens is 1. The van der Waals surface area contributed by atoms with Crippen LogP contribution in [0.1, 0.15) is 25.8 Å². The number of carboxylic acids is 1. The van der Waals surface area contributed by atoms with Crippen LogP contribution in [0.2, 0.25) is 0 Å². The molecule has 1 aromatic carbocycles. The van der Waals surface area contributed by atoms with Gasteiger partial charge in [0.2, 0.25) is 5.91 Å². The van der Waals surface area contributed by atoms with Gasteiger partial charge in [-0.25, -0.2) is 0 Å². The Morgan fingerprint density at radius 1 is 1.47 bits per heavy atom. The topological polar surface area (TPSA) is 90.2 Å². The minimum atomic E-state index is -1.15. The van der Waals surface area contributed by atoms with E-state index in [1.807, 2.05) is 6.07 Å². The molecular weight excluding hydrogens is 312 g/mol. The number of nitrogens with zero attached hydrogens (tertiary/aromatic N) is 1. The molecule has 0 fully saturated rings. The van der Waals surface area contributed by atoms with Gasteiger partial charge in [-0.15, -0.1) is 0 Å². The predicted molar refractivity (Wildman–Crippen MR) is 73.5 cm³/mol. The van der Waals surface area contributed by atoms with Crippen LogP contribution in [0.4, 0.5) is 5.69 Å². The molecule has 0 bridgehead atoms. The Morgan fingerprint density at radius 2 is 2.11 bits per heavy atom. The zero-order valence-corrected chi connectivity index (χ0v) is 12.1. The molecule has 2 N–H and O–H groups in total. The predicted octanol–water partition coefficient (Wildman–Crippen LogP) is 2.76. The van der Waals surface area contributed by atoms with E-state index in [0.29, 0.717) is 11.3 Å². The molecule has 0 heterocycles. The van der Waals surface area contributed by atoms with E-state index < -0.39 is 17.3 Å². The third-order valence-electron chi connectivity index (χ3n) is 2.56. The molecule has 1 amide bonds. The second-order valence-electron chi connectivity index (χ2n) is 4.72. The summed E-state index contributed by atoms with van der Waals surface area (Å²) in [5, 5.41) is 20.5. The molecule has 0 aliphatic carbocycles. The fourth-order valence-corrected chi connectivity index (χ4v) is 1.75. The lowest BCUT2D eigenvalue weighted by atomic mass is 9.89. The van der Waals surface area contributed by atoms with Crippen LogP contribution in [-0.4, -0.2) is 17.0 Å². The number of amides is 1. The first-order chi connectivity index (χ1) is 8.76. The lowest BCUT2D eigenvalue weighted by Gasteiger charge is -2.18. The minimum Gasteiger partial charge on any atom is -0.481 e. The summed E-state index contributed by atoms with van der Waals surface area (Å²) in [6, 6.07) is 6.83. The van der Waals surface area contributed by atoms with Gasteiger partial charge in [0.15, 0.2) is 0 Å². The van der Waals surface area contributed by atoms with Crippen LogP contribution >= 0.6 is 15.9 Å². The highest BCUT2D eigenvalue weighted by molar-refractivity contribution is 9.10. The lowest BCUT2D eigenvalue weighted by Crippen LogP contribution is -2.29.